The molecule has 0 aromatic carbocycles. The fourth-order valence-corrected chi connectivity index (χ4v) is 7.04. The third kappa shape index (κ3) is 3.92. The molecule has 1 atom stereocenters. The molecule has 1 amide bonds. The van der Waals surface area contributed by atoms with Gasteiger partial charge in [-0.2, -0.15) is 5.10 Å². The van der Waals surface area contributed by atoms with Crippen LogP contribution in [0, 0.1) is 11.8 Å². The van der Waals surface area contributed by atoms with Crippen molar-refractivity contribution in [2.24, 2.45) is 11.8 Å². The Kier molecular flexibility index (Phi) is 5.05. The molecule has 1 aliphatic heterocycles. The Balaban J connectivity index is 1.29. The van der Waals surface area contributed by atoms with Crippen LogP contribution >= 0.6 is 0 Å². The van der Waals surface area contributed by atoms with Crippen LogP contribution in [0.5, 0.6) is 0 Å². The first-order valence-corrected chi connectivity index (χ1v) is 11.8. The Morgan fingerprint density at radius 2 is 2.07 bits per heavy atom. The first-order valence-electron chi connectivity index (χ1n) is 10.2. The molecule has 4 rings (SSSR count). The lowest BCUT2D eigenvalue weighted by Gasteiger charge is -2.51. The van der Waals surface area contributed by atoms with E-state index in [2.05, 4.69) is 22.7 Å². The summed E-state index contributed by atoms with van der Waals surface area (Å²) in [7, 11) is -3.05. The molecule has 8 heteroatoms. The van der Waals surface area contributed by atoms with Gasteiger partial charge in [0.25, 0.3) is 0 Å². The van der Waals surface area contributed by atoms with Crippen molar-refractivity contribution in [2.75, 3.05) is 12.3 Å². The van der Waals surface area contributed by atoms with Gasteiger partial charge < -0.3 is 10.6 Å². The molecule has 2 saturated carbocycles. The molecule has 3 aliphatic rings. The summed E-state index contributed by atoms with van der Waals surface area (Å²) in [5.74, 6) is 0.909. The highest BCUT2D eigenvalue weighted by molar-refractivity contribution is 7.92. The molecule has 2 heterocycles. The maximum absolute atomic E-state index is 12.7. The summed E-state index contributed by atoms with van der Waals surface area (Å²) < 4.78 is 26.8. The number of hydrogen-bond acceptors (Lipinski definition) is 5. The molecule has 1 aromatic heterocycles. The van der Waals surface area contributed by atoms with Crippen LogP contribution < -0.4 is 10.6 Å². The zero-order valence-electron chi connectivity index (χ0n) is 16.0. The average molecular weight is 395 g/mol. The summed E-state index contributed by atoms with van der Waals surface area (Å²) in [6, 6.07) is 2.22. The van der Waals surface area contributed by atoms with Crippen molar-refractivity contribution in [1.29, 1.82) is 0 Å². The molecule has 150 valence electrons. The Bertz CT molecular complexity index is 794. The number of carbonyl (C=O) groups is 1. The summed E-state index contributed by atoms with van der Waals surface area (Å²) in [6.45, 7) is 4.21. The van der Waals surface area contributed by atoms with Gasteiger partial charge in [-0.05, 0) is 57.4 Å². The molecular weight excluding hydrogens is 364 g/mol. The van der Waals surface area contributed by atoms with Gasteiger partial charge in [0.05, 0.1) is 16.2 Å². The zero-order chi connectivity index (χ0) is 19.1. The lowest BCUT2D eigenvalue weighted by Crippen LogP contribution is -2.59. The number of carbonyl (C=O) groups excluding carboxylic acids is 1. The number of amides is 1. The predicted molar refractivity (Wildman–Crippen MR) is 103 cm³/mol. The molecule has 1 unspecified atom stereocenters. The second-order valence-electron chi connectivity index (χ2n) is 8.53. The quantitative estimate of drug-likeness (QED) is 0.726. The van der Waals surface area contributed by atoms with Crippen molar-refractivity contribution in [3.63, 3.8) is 0 Å². The van der Waals surface area contributed by atoms with Gasteiger partial charge >= 0.3 is 0 Å². The van der Waals surface area contributed by atoms with E-state index in [0.717, 1.165) is 25.1 Å². The second-order valence-corrected chi connectivity index (χ2v) is 11.0. The number of aromatic nitrogens is 2. The van der Waals surface area contributed by atoms with Crippen molar-refractivity contribution in [3.8, 4) is 0 Å². The van der Waals surface area contributed by atoms with Crippen molar-refractivity contribution >= 4 is 15.7 Å². The van der Waals surface area contributed by atoms with Crippen LogP contribution in [0.15, 0.2) is 12.3 Å². The monoisotopic (exact) mass is 394 g/mol. The fraction of sp³-hybridized carbons (Fsp3) is 0.789. The lowest BCUT2D eigenvalue weighted by molar-refractivity contribution is -0.122. The van der Waals surface area contributed by atoms with Crippen molar-refractivity contribution in [2.45, 2.75) is 69.3 Å². The maximum Gasteiger partial charge on any atom is 0.223 e. The van der Waals surface area contributed by atoms with Crippen molar-refractivity contribution in [3.05, 3.63) is 18.0 Å². The first kappa shape index (κ1) is 18.9. The SMILES string of the molecule is CCn1ccc(CNC2CCS(=O)(=O)C3(CC(CNC(=O)C4CC4)C3)C2)n1. The van der Waals surface area contributed by atoms with Crippen LogP contribution in [0.25, 0.3) is 0 Å². The molecule has 0 bridgehead atoms. The van der Waals surface area contributed by atoms with Gasteiger partial charge in [-0.15, -0.1) is 0 Å². The fourth-order valence-electron chi connectivity index (χ4n) is 4.58. The van der Waals surface area contributed by atoms with Crippen LogP contribution in [-0.2, 0) is 27.7 Å². The molecule has 1 aromatic rings. The third-order valence-electron chi connectivity index (χ3n) is 6.44. The molecule has 1 saturated heterocycles. The Morgan fingerprint density at radius 3 is 2.74 bits per heavy atom. The molecule has 0 radical (unpaired) electrons. The minimum absolute atomic E-state index is 0.147. The summed E-state index contributed by atoms with van der Waals surface area (Å²) in [5.41, 5.74) is 0.994. The Hall–Kier alpha value is -1.41. The van der Waals surface area contributed by atoms with Crippen molar-refractivity contribution < 1.29 is 13.2 Å². The Labute approximate surface area is 161 Å². The highest BCUT2D eigenvalue weighted by Gasteiger charge is 2.56. The van der Waals surface area contributed by atoms with E-state index in [1.807, 2.05) is 16.9 Å². The highest BCUT2D eigenvalue weighted by atomic mass is 32.2. The van der Waals surface area contributed by atoms with Gasteiger partial charge in [-0.1, -0.05) is 0 Å². The van der Waals surface area contributed by atoms with Gasteiger partial charge in [-0.3, -0.25) is 9.48 Å². The normalized spacial score (nSPS) is 32.2. The summed E-state index contributed by atoms with van der Waals surface area (Å²) >= 11 is 0. The number of nitrogens with one attached hydrogen (secondary N) is 2. The smallest absolute Gasteiger partial charge is 0.223 e. The number of rotatable bonds is 7. The molecule has 2 aliphatic carbocycles. The minimum Gasteiger partial charge on any atom is -0.356 e. The van der Waals surface area contributed by atoms with E-state index >= 15 is 0 Å². The van der Waals surface area contributed by atoms with E-state index in [1.54, 1.807) is 0 Å². The van der Waals surface area contributed by atoms with E-state index in [1.165, 1.54) is 0 Å². The molecular formula is C19H30N4O3S. The third-order valence-corrected chi connectivity index (χ3v) is 9.03. The number of nitrogens with zero attached hydrogens (tertiary/aromatic N) is 2. The molecule has 27 heavy (non-hydrogen) atoms. The summed E-state index contributed by atoms with van der Waals surface area (Å²) in [5, 5.41) is 11.0. The van der Waals surface area contributed by atoms with Gasteiger partial charge in [0.2, 0.25) is 5.91 Å². The number of hydrogen-bond donors (Lipinski definition) is 2. The molecule has 2 N–H and O–H groups in total. The van der Waals surface area contributed by atoms with Crippen LogP contribution in [0.4, 0.5) is 0 Å². The summed E-state index contributed by atoms with van der Waals surface area (Å²) in [6.07, 6.45) is 6.68. The Morgan fingerprint density at radius 1 is 1.30 bits per heavy atom. The van der Waals surface area contributed by atoms with Gasteiger partial charge in [0.15, 0.2) is 9.84 Å². The topological polar surface area (TPSA) is 93.1 Å². The number of aryl methyl sites for hydroxylation is 1. The standard InChI is InChI=1S/C19H30N4O3S/c1-2-23-7-5-17(22-23)13-20-16-6-8-27(25,26)19(11-16)9-14(10-19)12-21-18(24)15-3-4-15/h5,7,14-16,20H,2-4,6,8-13H2,1H3,(H,21,24). The number of sulfone groups is 1. The highest BCUT2D eigenvalue weighted by Crippen LogP contribution is 2.50. The van der Waals surface area contributed by atoms with E-state index < -0.39 is 14.6 Å². The largest absolute Gasteiger partial charge is 0.356 e. The summed E-state index contributed by atoms with van der Waals surface area (Å²) in [4.78, 5) is 11.8. The van der Waals surface area contributed by atoms with E-state index in [4.69, 9.17) is 0 Å². The van der Waals surface area contributed by atoms with Crippen molar-refractivity contribution in [1.82, 2.24) is 20.4 Å². The lowest BCUT2D eigenvalue weighted by atomic mass is 9.70. The first-order chi connectivity index (χ1) is 12.9. The van der Waals surface area contributed by atoms with E-state index in [-0.39, 0.29) is 23.6 Å². The molecule has 1 spiro atoms. The van der Waals surface area contributed by atoms with Gasteiger partial charge in [0.1, 0.15) is 0 Å². The zero-order valence-corrected chi connectivity index (χ0v) is 16.8. The van der Waals surface area contributed by atoms with Crippen LogP contribution in [-0.4, -0.2) is 47.2 Å². The second kappa shape index (κ2) is 7.20. The van der Waals surface area contributed by atoms with E-state index in [9.17, 15) is 13.2 Å². The predicted octanol–water partition coefficient (Wildman–Crippen LogP) is 1.24. The average Bonchev–Trinajstić information content (AvgIpc) is 3.36. The van der Waals surface area contributed by atoms with Crippen LogP contribution in [0.3, 0.4) is 0 Å². The van der Waals surface area contributed by atoms with Crippen LogP contribution in [0.1, 0.15) is 51.1 Å². The van der Waals surface area contributed by atoms with Crippen LogP contribution in [0.2, 0.25) is 0 Å². The maximum atomic E-state index is 12.7. The van der Waals surface area contributed by atoms with Gasteiger partial charge in [0, 0.05) is 37.8 Å². The van der Waals surface area contributed by atoms with E-state index in [0.29, 0.717) is 44.7 Å². The molecule has 3 fully saturated rings. The molecule has 7 nitrogen and oxygen atoms in total. The minimum atomic E-state index is -3.05. The van der Waals surface area contributed by atoms with Gasteiger partial charge in [-0.25, -0.2) is 8.42 Å².